The second-order valence-corrected chi connectivity index (χ2v) is 9.90. The van der Waals surface area contributed by atoms with Crippen molar-refractivity contribution in [2.24, 2.45) is 11.8 Å². The Kier molecular flexibility index (Phi) is 6.70. The zero-order valence-electron chi connectivity index (χ0n) is 20.1. The van der Waals surface area contributed by atoms with Crippen LogP contribution in [0.3, 0.4) is 0 Å². The second-order valence-electron chi connectivity index (χ2n) is 9.90. The molecule has 0 unspecified atom stereocenters. The number of hydrogen-bond donors (Lipinski definition) is 1. The van der Waals surface area contributed by atoms with Crippen LogP contribution in [0, 0.1) is 11.8 Å². The molecule has 0 atom stereocenters. The Labute approximate surface area is 200 Å². The molecule has 5 rings (SSSR count). The Balaban J connectivity index is 1.43. The molecule has 1 saturated carbocycles. The van der Waals surface area contributed by atoms with Crippen molar-refractivity contribution < 1.29 is 14.3 Å². The van der Waals surface area contributed by atoms with E-state index in [0.717, 1.165) is 54.8 Å². The van der Waals surface area contributed by atoms with Crippen LogP contribution in [0.4, 0.5) is 5.69 Å². The fourth-order valence-electron chi connectivity index (χ4n) is 5.06. The molecule has 1 fully saturated rings. The van der Waals surface area contributed by atoms with Crippen molar-refractivity contribution in [2.75, 3.05) is 18.5 Å². The minimum absolute atomic E-state index is 0.286. The molecule has 0 saturated heterocycles. The van der Waals surface area contributed by atoms with Gasteiger partial charge >= 0.3 is 0 Å². The molecule has 2 aromatic heterocycles. The summed E-state index contributed by atoms with van der Waals surface area (Å²) in [5, 5.41) is 8.91. The van der Waals surface area contributed by atoms with E-state index in [9.17, 15) is 4.79 Å². The van der Waals surface area contributed by atoms with Crippen LogP contribution in [0.5, 0.6) is 11.6 Å². The lowest BCUT2D eigenvalue weighted by Gasteiger charge is -2.30. The van der Waals surface area contributed by atoms with Crippen LogP contribution < -0.4 is 14.8 Å². The first-order valence-corrected chi connectivity index (χ1v) is 12.6. The van der Waals surface area contributed by atoms with Crippen LogP contribution >= 0.6 is 0 Å². The molecule has 1 amide bonds. The summed E-state index contributed by atoms with van der Waals surface area (Å²) < 4.78 is 13.9. The van der Waals surface area contributed by atoms with Gasteiger partial charge in [0.25, 0.3) is 5.91 Å². The molecule has 2 bridgehead atoms. The summed E-state index contributed by atoms with van der Waals surface area (Å²) in [6.07, 6.45) is 9.76. The number of pyridine rings is 1. The number of nitrogens with one attached hydrogen (secondary N) is 1. The summed E-state index contributed by atoms with van der Waals surface area (Å²) in [6, 6.07) is 9.63. The summed E-state index contributed by atoms with van der Waals surface area (Å²) in [7, 11) is 0. The highest BCUT2D eigenvalue weighted by Crippen LogP contribution is 2.37. The Bertz CT molecular complexity index is 1150. The molecule has 7 heteroatoms. The van der Waals surface area contributed by atoms with Crippen LogP contribution in [0.15, 0.2) is 36.5 Å². The second kappa shape index (κ2) is 10.0. The Morgan fingerprint density at radius 1 is 1.03 bits per heavy atom. The zero-order chi connectivity index (χ0) is 23.5. The van der Waals surface area contributed by atoms with E-state index in [-0.39, 0.29) is 5.91 Å². The van der Waals surface area contributed by atoms with E-state index >= 15 is 0 Å². The molecule has 1 aromatic carbocycles. The number of rotatable bonds is 2. The quantitative estimate of drug-likeness (QED) is 0.504. The van der Waals surface area contributed by atoms with Crippen molar-refractivity contribution in [1.82, 2.24) is 14.8 Å². The maximum atomic E-state index is 13.0. The molecule has 0 radical (unpaired) electrons. The van der Waals surface area contributed by atoms with Crippen LogP contribution in [0.2, 0.25) is 0 Å². The zero-order valence-corrected chi connectivity index (χ0v) is 20.1. The number of anilines is 1. The van der Waals surface area contributed by atoms with Gasteiger partial charge in [0.1, 0.15) is 11.4 Å². The SMILES string of the molecule is CC(C)C1CCC(n2cc3cc4c(cc3n2)OCCCCCOc2cccc(n2)C(=O)N4)CC1. The molecule has 3 heterocycles. The summed E-state index contributed by atoms with van der Waals surface area (Å²) in [5.41, 5.74) is 1.86. The molecular weight excluding hydrogens is 428 g/mol. The molecule has 180 valence electrons. The van der Waals surface area contributed by atoms with Gasteiger partial charge in [-0.3, -0.25) is 9.48 Å². The fraction of sp³-hybridized carbons (Fsp3) is 0.519. The van der Waals surface area contributed by atoms with E-state index in [4.69, 9.17) is 14.6 Å². The lowest BCUT2D eigenvalue weighted by molar-refractivity contribution is 0.102. The van der Waals surface area contributed by atoms with Gasteiger partial charge in [-0.2, -0.15) is 5.10 Å². The molecule has 2 aliphatic rings. The monoisotopic (exact) mass is 462 g/mol. The molecule has 7 nitrogen and oxygen atoms in total. The summed E-state index contributed by atoms with van der Waals surface area (Å²) in [6.45, 7) is 5.81. The summed E-state index contributed by atoms with van der Waals surface area (Å²) >= 11 is 0. The van der Waals surface area contributed by atoms with Crippen molar-refractivity contribution in [3.8, 4) is 11.6 Å². The van der Waals surface area contributed by atoms with Gasteiger partial charge < -0.3 is 14.8 Å². The lowest BCUT2D eigenvalue weighted by atomic mass is 9.80. The highest BCUT2D eigenvalue weighted by Gasteiger charge is 2.25. The summed E-state index contributed by atoms with van der Waals surface area (Å²) in [5.74, 6) is 2.40. The maximum Gasteiger partial charge on any atom is 0.274 e. The van der Waals surface area contributed by atoms with Crippen LogP contribution in [0.1, 0.15) is 75.3 Å². The van der Waals surface area contributed by atoms with Crippen LogP contribution in [-0.4, -0.2) is 33.9 Å². The topological polar surface area (TPSA) is 78.3 Å². The maximum absolute atomic E-state index is 13.0. The van der Waals surface area contributed by atoms with E-state index in [2.05, 4.69) is 35.0 Å². The smallest absolute Gasteiger partial charge is 0.274 e. The van der Waals surface area contributed by atoms with E-state index in [1.54, 1.807) is 18.2 Å². The molecular formula is C27H34N4O3. The van der Waals surface area contributed by atoms with Crippen molar-refractivity contribution in [3.05, 3.63) is 42.2 Å². The number of fused-ring (bicyclic) bond motifs is 4. The van der Waals surface area contributed by atoms with E-state index < -0.39 is 0 Å². The van der Waals surface area contributed by atoms with Crippen molar-refractivity contribution >= 4 is 22.5 Å². The average Bonchev–Trinajstić information content (AvgIpc) is 3.26. The molecule has 1 N–H and O–H groups in total. The van der Waals surface area contributed by atoms with Gasteiger partial charge in [-0.1, -0.05) is 19.9 Å². The van der Waals surface area contributed by atoms with Gasteiger partial charge in [-0.05, 0) is 68.9 Å². The Morgan fingerprint density at radius 3 is 2.62 bits per heavy atom. The molecule has 1 aliphatic carbocycles. The fourth-order valence-corrected chi connectivity index (χ4v) is 5.06. The number of aromatic nitrogens is 3. The predicted molar refractivity (Wildman–Crippen MR) is 133 cm³/mol. The first kappa shape index (κ1) is 22.7. The number of amides is 1. The minimum Gasteiger partial charge on any atom is -0.491 e. The number of carbonyl (C=O) groups is 1. The number of benzene rings is 1. The largest absolute Gasteiger partial charge is 0.491 e. The number of nitrogens with zero attached hydrogens (tertiary/aromatic N) is 3. The third-order valence-corrected chi connectivity index (χ3v) is 7.18. The predicted octanol–water partition coefficient (Wildman–Crippen LogP) is 6.01. The van der Waals surface area contributed by atoms with Gasteiger partial charge in [-0.25, -0.2) is 4.98 Å². The van der Waals surface area contributed by atoms with Gasteiger partial charge in [0.15, 0.2) is 0 Å². The van der Waals surface area contributed by atoms with E-state index in [1.165, 1.54) is 12.8 Å². The number of carbonyl (C=O) groups excluding carboxylic acids is 1. The van der Waals surface area contributed by atoms with Gasteiger partial charge in [-0.15, -0.1) is 0 Å². The third kappa shape index (κ3) is 5.03. The highest BCUT2D eigenvalue weighted by molar-refractivity contribution is 6.05. The van der Waals surface area contributed by atoms with E-state index in [0.29, 0.717) is 42.3 Å². The molecule has 1 aliphatic heterocycles. The molecule has 34 heavy (non-hydrogen) atoms. The van der Waals surface area contributed by atoms with Crippen LogP contribution in [0.25, 0.3) is 10.9 Å². The number of ether oxygens (including phenoxy) is 2. The third-order valence-electron chi connectivity index (χ3n) is 7.18. The van der Waals surface area contributed by atoms with E-state index in [1.807, 2.05) is 12.1 Å². The normalized spacial score (nSPS) is 21.8. The van der Waals surface area contributed by atoms with Crippen molar-refractivity contribution in [2.45, 2.75) is 64.8 Å². The Hall–Kier alpha value is -3.09. The van der Waals surface area contributed by atoms with Crippen LogP contribution in [-0.2, 0) is 0 Å². The first-order chi connectivity index (χ1) is 16.6. The Morgan fingerprint density at radius 2 is 1.82 bits per heavy atom. The minimum atomic E-state index is -0.286. The average molecular weight is 463 g/mol. The summed E-state index contributed by atoms with van der Waals surface area (Å²) in [4.78, 5) is 17.3. The molecule has 3 aromatic rings. The van der Waals surface area contributed by atoms with Crippen molar-refractivity contribution in [3.63, 3.8) is 0 Å². The first-order valence-electron chi connectivity index (χ1n) is 12.6. The standard InChI is InChI=1S/C27H34N4O3/c1-18(2)19-9-11-21(12-10-19)31-17-20-15-24-25(16-23(20)30-31)33-13-4-3-5-14-34-26-8-6-7-22(28-26)27(32)29-24/h6-8,15-19,21H,3-5,9-14H2,1-2H3,(H,29,32). The lowest BCUT2D eigenvalue weighted by Crippen LogP contribution is -2.21. The van der Waals surface area contributed by atoms with Crippen molar-refractivity contribution in [1.29, 1.82) is 0 Å². The van der Waals surface area contributed by atoms with Gasteiger partial charge in [0.2, 0.25) is 5.88 Å². The number of hydrogen-bond acceptors (Lipinski definition) is 5. The van der Waals surface area contributed by atoms with Gasteiger partial charge in [0, 0.05) is 23.7 Å². The van der Waals surface area contributed by atoms with Gasteiger partial charge in [0.05, 0.1) is 30.5 Å². The molecule has 0 spiro atoms. The highest BCUT2D eigenvalue weighted by atomic mass is 16.5.